The van der Waals surface area contributed by atoms with Gasteiger partial charge >= 0.3 is 23.9 Å². The van der Waals surface area contributed by atoms with Crippen LogP contribution in [0.15, 0.2) is 73.8 Å². The largest absolute Gasteiger partial charge is 0.457 e. The molecule has 2 aromatic carbocycles. The van der Waals surface area contributed by atoms with E-state index in [-0.39, 0.29) is 37.4 Å². The Labute approximate surface area is 219 Å². The van der Waals surface area contributed by atoms with E-state index in [4.69, 9.17) is 28.4 Å². The zero-order valence-corrected chi connectivity index (χ0v) is 20.7. The van der Waals surface area contributed by atoms with Crippen LogP contribution in [-0.4, -0.2) is 37.5 Å². The zero-order chi connectivity index (χ0) is 27.3. The van der Waals surface area contributed by atoms with Crippen LogP contribution in [0.1, 0.15) is 25.7 Å². The second-order valence-electron chi connectivity index (χ2n) is 8.19. The summed E-state index contributed by atoms with van der Waals surface area (Å²) in [6, 6.07) is 12.7. The van der Waals surface area contributed by atoms with Crippen molar-refractivity contribution >= 4 is 23.9 Å². The number of hydrogen-bond acceptors (Lipinski definition) is 10. The van der Waals surface area contributed by atoms with Gasteiger partial charge in [-0.3, -0.25) is 9.59 Å². The number of hydrogen-bond donors (Lipinski definition) is 0. The topological polar surface area (TPSA) is 124 Å². The number of ether oxygens (including phenoxy) is 6. The molecule has 0 aliphatic heterocycles. The number of carbonyl (C=O) groups is 4. The summed E-state index contributed by atoms with van der Waals surface area (Å²) in [6.07, 6.45) is 4.09. The summed E-state index contributed by atoms with van der Waals surface area (Å²) in [4.78, 5) is 47.2. The Kier molecular flexibility index (Phi) is 10.5. The van der Waals surface area contributed by atoms with Crippen molar-refractivity contribution in [2.75, 3.05) is 13.6 Å². The van der Waals surface area contributed by atoms with Crippen LogP contribution in [0, 0.1) is 11.8 Å². The molecular formula is C28H28O10. The lowest BCUT2D eigenvalue weighted by Crippen LogP contribution is -2.30. The average molecular weight is 525 g/mol. The third-order valence-corrected chi connectivity index (χ3v) is 5.67. The Hall–Kier alpha value is -4.60. The molecule has 10 heteroatoms. The molecule has 1 saturated carbocycles. The van der Waals surface area contributed by atoms with Crippen molar-refractivity contribution in [1.82, 2.24) is 0 Å². The molecule has 0 amide bonds. The monoisotopic (exact) mass is 524 g/mol. The number of esters is 4. The smallest absolute Gasteiger partial charge is 0.333 e. The highest BCUT2D eigenvalue weighted by atomic mass is 16.7. The molecule has 200 valence electrons. The van der Waals surface area contributed by atoms with Crippen LogP contribution in [0.25, 0.3) is 0 Å². The van der Waals surface area contributed by atoms with E-state index in [1.807, 2.05) is 0 Å². The van der Waals surface area contributed by atoms with Gasteiger partial charge in [0.1, 0.15) is 23.0 Å². The Bertz CT molecular complexity index is 1040. The minimum absolute atomic E-state index is 0.260. The van der Waals surface area contributed by atoms with Crippen molar-refractivity contribution in [3.63, 3.8) is 0 Å². The summed E-state index contributed by atoms with van der Waals surface area (Å²) in [5, 5.41) is 0. The first-order valence-corrected chi connectivity index (χ1v) is 11.9. The molecule has 0 atom stereocenters. The third kappa shape index (κ3) is 8.81. The van der Waals surface area contributed by atoms with E-state index in [0.717, 1.165) is 12.2 Å². The molecule has 2 aromatic rings. The second kappa shape index (κ2) is 14.2. The lowest BCUT2D eigenvalue weighted by Gasteiger charge is -2.25. The van der Waals surface area contributed by atoms with Gasteiger partial charge in [0.2, 0.25) is 13.6 Å². The highest BCUT2D eigenvalue weighted by Crippen LogP contribution is 2.32. The second-order valence-corrected chi connectivity index (χ2v) is 8.19. The maximum absolute atomic E-state index is 12.6. The van der Waals surface area contributed by atoms with Gasteiger partial charge in [-0.25, -0.2) is 9.59 Å². The van der Waals surface area contributed by atoms with Gasteiger partial charge in [0.05, 0.1) is 11.8 Å². The van der Waals surface area contributed by atoms with E-state index in [9.17, 15) is 19.2 Å². The Morgan fingerprint density at radius 1 is 0.605 bits per heavy atom. The Balaban J connectivity index is 1.38. The fourth-order valence-corrected chi connectivity index (χ4v) is 3.60. The molecule has 1 fully saturated rings. The maximum Gasteiger partial charge on any atom is 0.333 e. The number of benzene rings is 2. The minimum Gasteiger partial charge on any atom is -0.457 e. The predicted molar refractivity (Wildman–Crippen MR) is 133 cm³/mol. The molecule has 3 rings (SSSR count). The van der Waals surface area contributed by atoms with E-state index in [1.165, 1.54) is 0 Å². The molecule has 0 bridgehead atoms. The highest BCUT2D eigenvalue weighted by Gasteiger charge is 2.32. The van der Waals surface area contributed by atoms with Crippen molar-refractivity contribution in [2.24, 2.45) is 11.8 Å². The highest BCUT2D eigenvalue weighted by molar-refractivity contribution is 5.81. The van der Waals surface area contributed by atoms with E-state index < -0.39 is 11.9 Å². The van der Waals surface area contributed by atoms with Gasteiger partial charge in [-0.05, 0) is 74.2 Å². The molecule has 0 heterocycles. The van der Waals surface area contributed by atoms with E-state index in [2.05, 4.69) is 13.2 Å². The summed E-state index contributed by atoms with van der Waals surface area (Å²) in [5.41, 5.74) is 0. The molecule has 1 aliphatic rings. The summed E-state index contributed by atoms with van der Waals surface area (Å²) in [7, 11) is 0. The molecule has 0 saturated heterocycles. The van der Waals surface area contributed by atoms with Crippen molar-refractivity contribution in [2.45, 2.75) is 25.7 Å². The van der Waals surface area contributed by atoms with Crippen LogP contribution in [0.5, 0.6) is 23.0 Å². The number of carbonyl (C=O) groups excluding carboxylic acids is 4. The zero-order valence-electron chi connectivity index (χ0n) is 20.7. The Morgan fingerprint density at radius 3 is 1.24 bits per heavy atom. The molecule has 0 radical (unpaired) electrons. The van der Waals surface area contributed by atoms with Crippen LogP contribution >= 0.6 is 0 Å². The molecule has 0 spiro atoms. The predicted octanol–water partition coefficient (Wildman–Crippen LogP) is 4.14. The van der Waals surface area contributed by atoms with Crippen LogP contribution in [0.3, 0.4) is 0 Å². The van der Waals surface area contributed by atoms with Crippen LogP contribution in [0.4, 0.5) is 0 Å². The van der Waals surface area contributed by atoms with E-state index >= 15 is 0 Å². The minimum atomic E-state index is -0.593. The van der Waals surface area contributed by atoms with Gasteiger partial charge in [0.25, 0.3) is 0 Å². The first kappa shape index (κ1) is 28.0. The van der Waals surface area contributed by atoms with Crippen molar-refractivity contribution in [3.05, 3.63) is 73.8 Å². The van der Waals surface area contributed by atoms with E-state index in [0.29, 0.717) is 48.7 Å². The molecule has 1 aliphatic carbocycles. The van der Waals surface area contributed by atoms with Gasteiger partial charge in [-0.15, -0.1) is 0 Å². The van der Waals surface area contributed by atoms with Crippen LogP contribution in [0.2, 0.25) is 0 Å². The van der Waals surface area contributed by atoms with Crippen molar-refractivity contribution in [1.29, 1.82) is 0 Å². The summed E-state index contributed by atoms with van der Waals surface area (Å²) >= 11 is 0. The first-order chi connectivity index (χ1) is 18.4. The lowest BCUT2D eigenvalue weighted by molar-refractivity contribution is -0.145. The molecule has 10 nitrogen and oxygen atoms in total. The van der Waals surface area contributed by atoms with Crippen molar-refractivity contribution < 1.29 is 47.6 Å². The SMILES string of the molecule is C=CC(=O)OCOc1ccc(OC(=O)[C@H]2CC[C@H](C(=O)Oc3ccc(OCOC(=O)C=C)cc3)CC2)cc1. The molecular weight excluding hydrogens is 496 g/mol. The quantitative estimate of drug-likeness (QED) is 0.173. The Morgan fingerprint density at radius 2 is 0.921 bits per heavy atom. The normalized spacial score (nSPS) is 16.3. The molecule has 0 aromatic heterocycles. The van der Waals surface area contributed by atoms with Crippen LogP contribution < -0.4 is 18.9 Å². The standard InChI is InChI=1S/C28H28O10/c1-3-25(29)35-17-33-21-9-13-23(14-10-21)37-27(31)19-5-7-20(8-6-19)28(32)38-24-15-11-22(12-16-24)34-18-36-26(30)4-2/h3-4,9-16,19-20H,1-2,5-8,17-18H2/t19-,20-. The molecule has 38 heavy (non-hydrogen) atoms. The first-order valence-electron chi connectivity index (χ1n) is 11.9. The maximum atomic E-state index is 12.6. The average Bonchev–Trinajstić information content (AvgIpc) is 2.94. The van der Waals surface area contributed by atoms with Gasteiger partial charge in [0.15, 0.2) is 0 Å². The third-order valence-electron chi connectivity index (χ3n) is 5.67. The fraction of sp³-hybridized carbons (Fsp3) is 0.286. The lowest BCUT2D eigenvalue weighted by atomic mass is 9.82. The summed E-state index contributed by atoms with van der Waals surface area (Å²) < 4.78 is 30.9. The van der Waals surface area contributed by atoms with E-state index in [1.54, 1.807) is 48.5 Å². The van der Waals surface area contributed by atoms with Gasteiger partial charge < -0.3 is 28.4 Å². The fourth-order valence-electron chi connectivity index (χ4n) is 3.60. The van der Waals surface area contributed by atoms with Crippen molar-refractivity contribution in [3.8, 4) is 23.0 Å². The molecule has 0 N–H and O–H groups in total. The number of rotatable bonds is 12. The van der Waals surface area contributed by atoms with Crippen LogP contribution in [-0.2, 0) is 28.7 Å². The summed E-state index contributed by atoms with van der Waals surface area (Å²) in [6.45, 7) is 6.06. The summed E-state index contributed by atoms with van der Waals surface area (Å²) in [5.74, 6) is -0.945. The van der Waals surface area contributed by atoms with Gasteiger partial charge in [0, 0.05) is 12.2 Å². The molecule has 0 unspecified atom stereocenters. The van der Waals surface area contributed by atoms with Gasteiger partial charge in [-0.1, -0.05) is 13.2 Å². The van der Waals surface area contributed by atoms with Gasteiger partial charge in [-0.2, -0.15) is 0 Å².